The molecule has 0 atom stereocenters. The fraction of sp³-hybridized carbons (Fsp3) is 0.357. The van der Waals surface area contributed by atoms with Crippen LogP contribution < -0.4 is 11.1 Å². The van der Waals surface area contributed by atoms with Gasteiger partial charge in [0.2, 0.25) is 0 Å². The number of para-hydroxylation sites is 1. The highest BCUT2D eigenvalue weighted by Crippen LogP contribution is 2.27. The van der Waals surface area contributed by atoms with Crippen molar-refractivity contribution >= 4 is 22.2 Å². The van der Waals surface area contributed by atoms with Crippen LogP contribution in [0, 0.1) is 6.92 Å². The van der Waals surface area contributed by atoms with Crippen molar-refractivity contribution in [1.82, 2.24) is 4.98 Å². The number of nitrogens with one attached hydrogen (secondary N) is 1. The fourth-order valence-corrected chi connectivity index (χ4v) is 2.90. The number of anilines is 2. The van der Waals surface area contributed by atoms with Gasteiger partial charge >= 0.3 is 0 Å². The Labute approximate surface area is 112 Å². The number of aromatic nitrogens is 1. The van der Waals surface area contributed by atoms with E-state index in [4.69, 9.17) is 5.73 Å². The molecule has 0 saturated heterocycles. The highest BCUT2D eigenvalue weighted by Gasteiger charge is 2.08. The molecule has 4 heteroatoms. The molecule has 3 nitrogen and oxygen atoms in total. The average molecular weight is 261 g/mol. The van der Waals surface area contributed by atoms with E-state index >= 15 is 0 Å². The van der Waals surface area contributed by atoms with Gasteiger partial charge in [0.05, 0.1) is 5.69 Å². The second-order valence-corrected chi connectivity index (χ2v) is 5.29. The lowest BCUT2D eigenvalue weighted by Gasteiger charge is -2.07. The van der Waals surface area contributed by atoms with Crippen LogP contribution in [-0.4, -0.2) is 11.5 Å². The Bertz CT molecular complexity index is 520. The Morgan fingerprint density at radius 2 is 2.11 bits per heavy atom. The van der Waals surface area contributed by atoms with E-state index < -0.39 is 0 Å². The molecule has 0 aliphatic rings. The molecule has 1 heterocycles. The molecule has 0 unspecified atom stereocenters. The molecule has 0 radical (unpaired) electrons. The maximum atomic E-state index is 5.60. The van der Waals surface area contributed by atoms with Gasteiger partial charge in [0.25, 0.3) is 0 Å². The summed E-state index contributed by atoms with van der Waals surface area (Å²) < 4.78 is 0. The second-order valence-electron chi connectivity index (χ2n) is 4.20. The number of nitrogens with zero attached hydrogens (tertiary/aromatic N) is 1. The van der Waals surface area contributed by atoms with Crippen molar-refractivity contribution in [1.29, 1.82) is 0 Å². The summed E-state index contributed by atoms with van der Waals surface area (Å²) in [7, 11) is 0. The summed E-state index contributed by atoms with van der Waals surface area (Å²) >= 11 is 1.70. The molecule has 2 rings (SSSR count). The lowest BCUT2D eigenvalue weighted by Crippen LogP contribution is -2.01. The van der Waals surface area contributed by atoms with Crippen LogP contribution in [0.1, 0.15) is 23.1 Å². The summed E-state index contributed by atoms with van der Waals surface area (Å²) in [5, 5.41) is 4.37. The van der Waals surface area contributed by atoms with E-state index in [1.165, 1.54) is 10.4 Å². The van der Waals surface area contributed by atoms with Crippen molar-refractivity contribution in [2.24, 2.45) is 5.73 Å². The Morgan fingerprint density at radius 3 is 2.83 bits per heavy atom. The molecule has 0 saturated carbocycles. The molecule has 0 fully saturated rings. The number of thiazole rings is 1. The average Bonchev–Trinajstić information content (AvgIpc) is 2.71. The van der Waals surface area contributed by atoms with Crippen LogP contribution in [0.3, 0.4) is 0 Å². The molecule has 0 spiro atoms. The lowest BCUT2D eigenvalue weighted by molar-refractivity contribution is 0.970. The lowest BCUT2D eigenvalue weighted by atomic mass is 10.1. The summed E-state index contributed by atoms with van der Waals surface area (Å²) in [6.07, 6.45) is 1.92. The Morgan fingerprint density at radius 1 is 1.33 bits per heavy atom. The predicted octanol–water partition coefficient (Wildman–Crippen LogP) is 3.26. The maximum Gasteiger partial charge on any atom is 0.187 e. The molecule has 3 N–H and O–H groups in total. The van der Waals surface area contributed by atoms with Gasteiger partial charge in [-0.05, 0) is 37.9 Å². The highest BCUT2D eigenvalue weighted by atomic mass is 32.1. The monoisotopic (exact) mass is 261 g/mol. The van der Waals surface area contributed by atoms with Gasteiger partial charge < -0.3 is 11.1 Å². The van der Waals surface area contributed by atoms with Gasteiger partial charge in [0.1, 0.15) is 0 Å². The molecule has 0 amide bonds. The Balaban J connectivity index is 2.20. The predicted molar refractivity (Wildman–Crippen MR) is 78.7 cm³/mol. The summed E-state index contributed by atoms with van der Waals surface area (Å²) in [6, 6.07) is 8.35. The summed E-state index contributed by atoms with van der Waals surface area (Å²) in [5.41, 5.74) is 9.14. The molecular weight excluding hydrogens is 242 g/mol. The molecule has 0 aliphatic heterocycles. The first-order valence-electron chi connectivity index (χ1n) is 6.26. The summed E-state index contributed by atoms with van der Waals surface area (Å²) in [5.74, 6) is 0. The van der Waals surface area contributed by atoms with Crippen LogP contribution >= 0.6 is 11.3 Å². The molecule has 0 aliphatic carbocycles. The van der Waals surface area contributed by atoms with Gasteiger partial charge in [-0.1, -0.05) is 25.1 Å². The minimum atomic E-state index is 0.675. The Hall–Kier alpha value is -1.39. The van der Waals surface area contributed by atoms with Crippen LogP contribution in [0.15, 0.2) is 24.3 Å². The van der Waals surface area contributed by atoms with Gasteiger partial charge in [-0.3, -0.25) is 0 Å². The summed E-state index contributed by atoms with van der Waals surface area (Å²) in [6.45, 7) is 4.87. The first-order valence-corrected chi connectivity index (χ1v) is 7.07. The van der Waals surface area contributed by atoms with E-state index in [0.717, 1.165) is 29.4 Å². The first-order chi connectivity index (χ1) is 8.74. The SMILES string of the molecule is CCc1ccccc1Nc1nc(C)c(CCN)s1. The van der Waals surface area contributed by atoms with Crippen LogP contribution in [0.5, 0.6) is 0 Å². The maximum absolute atomic E-state index is 5.60. The van der Waals surface area contributed by atoms with E-state index in [1.54, 1.807) is 11.3 Å². The normalized spacial score (nSPS) is 10.6. The number of hydrogen-bond donors (Lipinski definition) is 2. The molecule has 96 valence electrons. The number of hydrogen-bond acceptors (Lipinski definition) is 4. The number of aryl methyl sites for hydroxylation is 2. The number of nitrogens with two attached hydrogens (primary N) is 1. The minimum Gasteiger partial charge on any atom is -0.331 e. The van der Waals surface area contributed by atoms with Gasteiger partial charge in [-0.15, -0.1) is 11.3 Å². The third-order valence-corrected chi connectivity index (χ3v) is 4.04. The van der Waals surface area contributed by atoms with Crippen LogP contribution in [-0.2, 0) is 12.8 Å². The van der Waals surface area contributed by atoms with Gasteiger partial charge in [0.15, 0.2) is 5.13 Å². The van der Waals surface area contributed by atoms with Crippen molar-refractivity contribution in [2.75, 3.05) is 11.9 Å². The standard InChI is InChI=1S/C14H19N3S/c1-3-11-6-4-5-7-12(11)17-14-16-10(2)13(18-14)8-9-15/h4-7H,3,8-9,15H2,1-2H3,(H,16,17). The molecule has 0 bridgehead atoms. The van der Waals surface area contributed by atoms with E-state index in [0.29, 0.717) is 6.54 Å². The highest BCUT2D eigenvalue weighted by molar-refractivity contribution is 7.15. The number of benzene rings is 1. The van der Waals surface area contributed by atoms with Crippen molar-refractivity contribution in [3.8, 4) is 0 Å². The third-order valence-electron chi connectivity index (χ3n) is 2.90. The van der Waals surface area contributed by atoms with Crippen LogP contribution in [0.2, 0.25) is 0 Å². The van der Waals surface area contributed by atoms with Crippen molar-refractivity contribution in [2.45, 2.75) is 26.7 Å². The molecule has 1 aromatic carbocycles. The van der Waals surface area contributed by atoms with Crippen molar-refractivity contribution < 1.29 is 0 Å². The first kappa shape index (κ1) is 13.1. The van der Waals surface area contributed by atoms with Gasteiger partial charge in [0, 0.05) is 10.6 Å². The molecule has 1 aromatic heterocycles. The Kier molecular flexibility index (Phi) is 4.33. The van der Waals surface area contributed by atoms with E-state index in [9.17, 15) is 0 Å². The zero-order valence-corrected chi connectivity index (χ0v) is 11.7. The second kappa shape index (κ2) is 5.98. The fourth-order valence-electron chi connectivity index (χ4n) is 1.91. The molecule has 2 aromatic rings. The quantitative estimate of drug-likeness (QED) is 0.868. The van der Waals surface area contributed by atoms with E-state index in [2.05, 4.69) is 35.4 Å². The zero-order chi connectivity index (χ0) is 13.0. The topological polar surface area (TPSA) is 50.9 Å². The third kappa shape index (κ3) is 2.89. The van der Waals surface area contributed by atoms with Crippen LogP contribution in [0.25, 0.3) is 0 Å². The molecule has 18 heavy (non-hydrogen) atoms. The summed E-state index contributed by atoms with van der Waals surface area (Å²) in [4.78, 5) is 5.82. The van der Waals surface area contributed by atoms with E-state index in [-0.39, 0.29) is 0 Å². The van der Waals surface area contributed by atoms with Crippen molar-refractivity contribution in [3.63, 3.8) is 0 Å². The minimum absolute atomic E-state index is 0.675. The number of rotatable bonds is 5. The largest absolute Gasteiger partial charge is 0.331 e. The smallest absolute Gasteiger partial charge is 0.187 e. The van der Waals surface area contributed by atoms with Gasteiger partial charge in [-0.2, -0.15) is 0 Å². The van der Waals surface area contributed by atoms with Crippen molar-refractivity contribution in [3.05, 3.63) is 40.4 Å². The van der Waals surface area contributed by atoms with Crippen LogP contribution in [0.4, 0.5) is 10.8 Å². The zero-order valence-electron chi connectivity index (χ0n) is 10.9. The van der Waals surface area contributed by atoms with Gasteiger partial charge in [-0.25, -0.2) is 4.98 Å². The van der Waals surface area contributed by atoms with E-state index in [1.807, 2.05) is 13.0 Å². The molecular formula is C14H19N3S.